The third-order valence-electron chi connectivity index (χ3n) is 2.32. The predicted octanol–water partition coefficient (Wildman–Crippen LogP) is 2.35. The molecule has 1 rings (SSSR count). The highest BCUT2D eigenvalue weighted by molar-refractivity contribution is 6.32. The van der Waals surface area contributed by atoms with E-state index in [1.807, 2.05) is 0 Å². The number of hydrogen-bond donors (Lipinski definition) is 2. The van der Waals surface area contributed by atoms with Crippen molar-refractivity contribution in [3.63, 3.8) is 0 Å². The number of ether oxygens (including phenoxy) is 1. The summed E-state index contributed by atoms with van der Waals surface area (Å²) in [4.78, 5) is 10.4. The van der Waals surface area contributed by atoms with Gasteiger partial charge in [-0.25, -0.2) is 4.39 Å². The van der Waals surface area contributed by atoms with Gasteiger partial charge in [-0.15, -0.1) is 0 Å². The first kappa shape index (κ1) is 13.7. The van der Waals surface area contributed by atoms with Crippen LogP contribution in [-0.2, 0) is 4.79 Å². The molecule has 0 aliphatic carbocycles. The van der Waals surface area contributed by atoms with Gasteiger partial charge in [0.25, 0.3) is 0 Å². The fourth-order valence-corrected chi connectivity index (χ4v) is 1.73. The molecule has 0 amide bonds. The van der Waals surface area contributed by atoms with Gasteiger partial charge in [0.1, 0.15) is 0 Å². The van der Waals surface area contributed by atoms with Crippen molar-refractivity contribution < 1.29 is 19.0 Å². The van der Waals surface area contributed by atoms with Crippen LogP contribution in [0.2, 0.25) is 5.02 Å². The van der Waals surface area contributed by atoms with E-state index in [1.54, 1.807) is 0 Å². The molecule has 1 aromatic carbocycles. The lowest BCUT2D eigenvalue weighted by Gasteiger charge is -2.13. The predicted molar refractivity (Wildman–Crippen MR) is 61.8 cm³/mol. The maximum absolute atomic E-state index is 13.5. The molecular weight excluding hydrogens is 249 g/mol. The molecule has 0 saturated heterocycles. The van der Waals surface area contributed by atoms with Crippen LogP contribution in [0.1, 0.15) is 24.4 Å². The number of benzene rings is 1. The Morgan fingerprint density at radius 1 is 1.65 bits per heavy atom. The fourth-order valence-electron chi connectivity index (χ4n) is 1.43. The van der Waals surface area contributed by atoms with Crippen molar-refractivity contribution in [1.29, 1.82) is 0 Å². The zero-order chi connectivity index (χ0) is 13.0. The van der Waals surface area contributed by atoms with Crippen LogP contribution in [0.3, 0.4) is 0 Å². The highest BCUT2D eigenvalue weighted by atomic mass is 35.5. The fraction of sp³-hybridized carbons (Fsp3) is 0.364. The number of rotatable bonds is 5. The molecule has 0 aliphatic heterocycles. The number of carboxylic acids is 1. The molecule has 1 unspecified atom stereocenters. The molecule has 6 heteroatoms. The smallest absolute Gasteiger partial charge is 0.303 e. The van der Waals surface area contributed by atoms with Crippen LogP contribution in [0, 0.1) is 5.82 Å². The highest BCUT2D eigenvalue weighted by Gasteiger charge is 2.15. The van der Waals surface area contributed by atoms with Crippen molar-refractivity contribution in [2.24, 2.45) is 5.73 Å². The Morgan fingerprint density at radius 3 is 2.76 bits per heavy atom. The number of halogens is 2. The number of nitrogens with two attached hydrogens (primary N) is 1. The van der Waals surface area contributed by atoms with Crippen molar-refractivity contribution in [1.82, 2.24) is 0 Å². The van der Waals surface area contributed by atoms with Gasteiger partial charge in [0.15, 0.2) is 11.6 Å². The second kappa shape index (κ2) is 5.84. The van der Waals surface area contributed by atoms with Gasteiger partial charge in [-0.05, 0) is 24.1 Å². The van der Waals surface area contributed by atoms with Crippen LogP contribution in [0.25, 0.3) is 0 Å². The Labute approximate surface area is 103 Å². The van der Waals surface area contributed by atoms with E-state index in [-0.39, 0.29) is 23.6 Å². The van der Waals surface area contributed by atoms with E-state index in [1.165, 1.54) is 19.2 Å². The molecule has 4 nitrogen and oxygen atoms in total. The summed E-state index contributed by atoms with van der Waals surface area (Å²) in [5.41, 5.74) is 6.20. The highest BCUT2D eigenvalue weighted by Crippen LogP contribution is 2.31. The van der Waals surface area contributed by atoms with E-state index < -0.39 is 17.8 Å². The van der Waals surface area contributed by atoms with E-state index in [9.17, 15) is 9.18 Å². The van der Waals surface area contributed by atoms with Crippen LogP contribution in [-0.4, -0.2) is 18.2 Å². The minimum atomic E-state index is -0.944. The number of aliphatic carboxylic acids is 1. The minimum absolute atomic E-state index is 0.0409. The average Bonchev–Trinajstić information content (AvgIpc) is 2.25. The normalized spacial score (nSPS) is 12.2. The maximum atomic E-state index is 13.5. The molecule has 0 radical (unpaired) electrons. The van der Waals surface area contributed by atoms with Crippen molar-refractivity contribution in [3.8, 4) is 5.75 Å². The van der Waals surface area contributed by atoms with E-state index in [0.29, 0.717) is 5.56 Å². The molecular formula is C11H13ClFNO3. The third kappa shape index (κ3) is 3.57. The van der Waals surface area contributed by atoms with Gasteiger partial charge in [-0.1, -0.05) is 11.6 Å². The van der Waals surface area contributed by atoms with Crippen molar-refractivity contribution in [3.05, 3.63) is 28.5 Å². The summed E-state index contributed by atoms with van der Waals surface area (Å²) in [6.45, 7) is 0. The van der Waals surface area contributed by atoms with Crippen molar-refractivity contribution >= 4 is 17.6 Å². The van der Waals surface area contributed by atoms with E-state index in [4.69, 9.17) is 27.2 Å². The molecule has 1 atom stereocenters. The lowest BCUT2D eigenvalue weighted by Crippen LogP contribution is -2.12. The van der Waals surface area contributed by atoms with Gasteiger partial charge >= 0.3 is 5.97 Å². The van der Waals surface area contributed by atoms with E-state index in [2.05, 4.69) is 0 Å². The number of carbonyl (C=O) groups is 1. The zero-order valence-corrected chi connectivity index (χ0v) is 10.00. The molecule has 1 aromatic rings. The van der Waals surface area contributed by atoms with Crippen LogP contribution >= 0.6 is 11.6 Å². The number of methoxy groups -OCH3 is 1. The monoisotopic (exact) mass is 261 g/mol. The molecule has 17 heavy (non-hydrogen) atoms. The van der Waals surface area contributed by atoms with Crippen LogP contribution in [0.15, 0.2) is 12.1 Å². The lowest BCUT2D eigenvalue weighted by atomic mass is 10.0. The Kier molecular flexibility index (Phi) is 4.72. The second-order valence-electron chi connectivity index (χ2n) is 3.56. The molecule has 0 saturated carbocycles. The molecule has 94 valence electrons. The third-order valence-corrected chi connectivity index (χ3v) is 2.60. The summed E-state index contributed by atoms with van der Waals surface area (Å²) in [7, 11) is 1.31. The maximum Gasteiger partial charge on any atom is 0.303 e. The summed E-state index contributed by atoms with van der Waals surface area (Å²) in [5.74, 6) is -1.60. The van der Waals surface area contributed by atoms with E-state index in [0.717, 1.165) is 0 Å². The van der Waals surface area contributed by atoms with Crippen molar-refractivity contribution in [2.75, 3.05) is 7.11 Å². The summed E-state index contributed by atoms with van der Waals surface area (Å²) >= 11 is 5.80. The van der Waals surface area contributed by atoms with Gasteiger partial charge in [0, 0.05) is 12.5 Å². The van der Waals surface area contributed by atoms with Crippen LogP contribution < -0.4 is 10.5 Å². The summed E-state index contributed by atoms with van der Waals surface area (Å²) < 4.78 is 18.3. The first-order valence-corrected chi connectivity index (χ1v) is 5.33. The quantitative estimate of drug-likeness (QED) is 0.853. The molecule has 3 N–H and O–H groups in total. The first-order chi connectivity index (χ1) is 7.95. The molecule has 0 aliphatic rings. The van der Waals surface area contributed by atoms with Gasteiger partial charge < -0.3 is 15.6 Å². The largest absolute Gasteiger partial charge is 0.492 e. The van der Waals surface area contributed by atoms with Gasteiger partial charge in [-0.3, -0.25) is 4.79 Å². The topological polar surface area (TPSA) is 72.5 Å². The summed E-state index contributed by atoms with van der Waals surface area (Å²) in [5, 5.41) is 8.64. The zero-order valence-electron chi connectivity index (χ0n) is 9.24. The summed E-state index contributed by atoms with van der Waals surface area (Å²) in [6, 6.07) is 2.12. The Bertz CT molecular complexity index is 402. The van der Waals surface area contributed by atoms with Gasteiger partial charge in [0.2, 0.25) is 0 Å². The average molecular weight is 262 g/mol. The molecule has 0 fully saturated rings. The minimum Gasteiger partial charge on any atom is -0.492 e. The Morgan fingerprint density at radius 2 is 2.29 bits per heavy atom. The standard InChI is InChI=1S/C11H13ClFNO3/c1-17-11-7(12)4-6(5-8(11)13)9(14)2-3-10(15)16/h4-5,9H,2-3,14H2,1H3,(H,15,16). The van der Waals surface area contributed by atoms with Crippen molar-refractivity contribution in [2.45, 2.75) is 18.9 Å². The summed E-state index contributed by atoms with van der Waals surface area (Å²) in [6.07, 6.45) is 0.143. The Hall–Kier alpha value is -1.33. The van der Waals surface area contributed by atoms with Crippen LogP contribution in [0.5, 0.6) is 5.75 Å². The molecule has 0 heterocycles. The van der Waals surface area contributed by atoms with E-state index >= 15 is 0 Å². The SMILES string of the molecule is COc1c(F)cc(C(N)CCC(=O)O)cc1Cl. The van der Waals surface area contributed by atoms with Gasteiger partial charge in [-0.2, -0.15) is 0 Å². The molecule has 0 aromatic heterocycles. The molecule has 0 spiro atoms. The first-order valence-electron chi connectivity index (χ1n) is 4.96. The Balaban J connectivity index is 2.88. The number of hydrogen-bond acceptors (Lipinski definition) is 3. The molecule has 0 bridgehead atoms. The van der Waals surface area contributed by atoms with Gasteiger partial charge in [0.05, 0.1) is 12.1 Å². The number of carboxylic acid groups (broad SMARTS) is 1. The second-order valence-corrected chi connectivity index (χ2v) is 3.96. The lowest BCUT2D eigenvalue weighted by molar-refractivity contribution is -0.137. The van der Waals surface area contributed by atoms with Crippen LogP contribution in [0.4, 0.5) is 4.39 Å².